The van der Waals surface area contributed by atoms with Crippen LogP contribution < -0.4 is 4.74 Å². The summed E-state index contributed by atoms with van der Waals surface area (Å²) >= 11 is 0. The Hall–Kier alpha value is -3.41. The Morgan fingerprint density at radius 3 is 2.64 bits per heavy atom. The minimum absolute atomic E-state index is 0.0865. The molecule has 0 fully saturated rings. The number of carbonyl (C=O) groups is 1. The lowest BCUT2D eigenvalue weighted by Crippen LogP contribution is -2.26. The van der Waals surface area contributed by atoms with Crippen molar-refractivity contribution in [2.45, 2.75) is 20.4 Å². The second-order valence-electron chi connectivity index (χ2n) is 6.97. The summed E-state index contributed by atoms with van der Waals surface area (Å²) < 4.78 is 10.5. The fourth-order valence-corrected chi connectivity index (χ4v) is 3.44. The highest BCUT2D eigenvalue weighted by Crippen LogP contribution is 2.25. The number of aromatic nitrogens is 2. The molecule has 4 aromatic rings. The smallest absolute Gasteiger partial charge is 0.258 e. The van der Waals surface area contributed by atoms with Crippen molar-refractivity contribution in [3.63, 3.8) is 0 Å². The highest BCUT2D eigenvalue weighted by molar-refractivity contribution is 6.05. The van der Waals surface area contributed by atoms with Gasteiger partial charge >= 0.3 is 0 Å². The SMILES string of the molecule is COc1ccc2cc(CN(C)C(=O)c3cc(C)nc4onc(C)c34)ccc2c1. The molecule has 0 unspecified atom stereocenters. The van der Waals surface area contributed by atoms with Gasteiger partial charge in [0.25, 0.3) is 11.6 Å². The third-order valence-corrected chi connectivity index (χ3v) is 4.85. The number of amides is 1. The maximum Gasteiger partial charge on any atom is 0.258 e. The number of hydrogen-bond acceptors (Lipinski definition) is 5. The molecule has 2 aromatic heterocycles. The first kappa shape index (κ1) is 18.0. The number of fused-ring (bicyclic) bond motifs is 2. The summed E-state index contributed by atoms with van der Waals surface area (Å²) in [6.45, 7) is 4.15. The molecule has 0 N–H and O–H groups in total. The van der Waals surface area contributed by atoms with E-state index < -0.39 is 0 Å². The lowest BCUT2D eigenvalue weighted by Gasteiger charge is -2.18. The van der Waals surface area contributed by atoms with Gasteiger partial charge in [0, 0.05) is 19.3 Å². The largest absolute Gasteiger partial charge is 0.497 e. The van der Waals surface area contributed by atoms with E-state index in [1.165, 1.54) is 0 Å². The summed E-state index contributed by atoms with van der Waals surface area (Å²) in [6.07, 6.45) is 0. The van der Waals surface area contributed by atoms with Crippen LogP contribution in [0, 0.1) is 13.8 Å². The highest BCUT2D eigenvalue weighted by atomic mass is 16.5. The third-order valence-electron chi connectivity index (χ3n) is 4.85. The van der Waals surface area contributed by atoms with Crippen molar-refractivity contribution in [1.29, 1.82) is 0 Å². The summed E-state index contributed by atoms with van der Waals surface area (Å²) in [6, 6.07) is 13.9. The predicted molar refractivity (Wildman–Crippen MR) is 108 cm³/mol. The molecule has 0 bridgehead atoms. The zero-order valence-electron chi connectivity index (χ0n) is 16.3. The van der Waals surface area contributed by atoms with Gasteiger partial charge in [-0.15, -0.1) is 0 Å². The molecule has 0 spiro atoms. The minimum Gasteiger partial charge on any atom is -0.497 e. The Kier molecular flexibility index (Phi) is 4.47. The normalized spacial score (nSPS) is 11.1. The molecule has 2 aromatic carbocycles. The summed E-state index contributed by atoms with van der Waals surface area (Å²) in [4.78, 5) is 19.1. The molecule has 6 nitrogen and oxygen atoms in total. The second kappa shape index (κ2) is 6.96. The summed E-state index contributed by atoms with van der Waals surface area (Å²) in [5.74, 6) is 0.741. The van der Waals surface area contributed by atoms with Crippen molar-refractivity contribution in [2.75, 3.05) is 14.2 Å². The molecule has 2 heterocycles. The van der Waals surface area contributed by atoms with Crippen molar-refractivity contribution in [1.82, 2.24) is 15.0 Å². The van der Waals surface area contributed by atoms with Crippen LogP contribution in [0.1, 0.15) is 27.3 Å². The molecule has 0 saturated heterocycles. The van der Waals surface area contributed by atoms with Crippen molar-refractivity contribution >= 4 is 27.8 Å². The van der Waals surface area contributed by atoms with Crippen LogP contribution in [0.2, 0.25) is 0 Å². The molecule has 0 saturated carbocycles. The Balaban J connectivity index is 1.63. The number of carbonyl (C=O) groups excluding carboxylic acids is 1. The molecule has 0 aliphatic rings. The van der Waals surface area contributed by atoms with Crippen LogP contribution in [0.15, 0.2) is 47.0 Å². The highest BCUT2D eigenvalue weighted by Gasteiger charge is 2.20. The minimum atomic E-state index is -0.0865. The van der Waals surface area contributed by atoms with Crippen LogP contribution in [0.4, 0.5) is 0 Å². The number of nitrogens with zero attached hydrogens (tertiary/aromatic N) is 3. The van der Waals surface area contributed by atoms with Crippen LogP contribution in [0.3, 0.4) is 0 Å². The molecule has 0 aliphatic heterocycles. The van der Waals surface area contributed by atoms with Crippen molar-refractivity contribution in [3.8, 4) is 5.75 Å². The first-order valence-corrected chi connectivity index (χ1v) is 9.02. The van der Waals surface area contributed by atoms with Gasteiger partial charge in [-0.25, -0.2) is 4.98 Å². The number of ether oxygens (including phenoxy) is 1. The molecule has 4 rings (SSSR count). The topological polar surface area (TPSA) is 68.5 Å². The quantitative estimate of drug-likeness (QED) is 0.533. The van der Waals surface area contributed by atoms with Crippen LogP contribution in [0.25, 0.3) is 21.9 Å². The van der Waals surface area contributed by atoms with Crippen LogP contribution in [0.5, 0.6) is 5.75 Å². The zero-order valence-corrected chi connectivity index (χ0v) is 16.3. The van der Waals surface area contributed by atoms with E-state index in [0.29, 0.717) is 28.9 Å². The van der Waals surface area contributed by atoms with Gasteiger partial charge in [-0.05, 0) is 54.4 Å². The van der Waals surface area contributed by atoms with E-state index in [-0.39, 0.29) is 5.91 Å². The maximum atomic E-state index is 13.1. The van der Waals surface area contributed by atoms with Crippen LogP contribution in [-0.2, 0) is 6.54 Å². The number of benzene rings is 2. The number of aryl methyl sites for hydroxylation is 2. The Labute approximate surface area is 162 Å². The van der Waals surface area contributed by atoms with Gasteiger partial charge in [0.1, 0.15) is 5.75 Å². The van der Waals surface area contributed by atoms with Gasteiger partial charge < -0.3 is 14.2 Å². The first-order valence-electron chi connectivity index (χ1n) is 9.02. The van der Waals surface area contributed by atoms with E-state index in [2.05, 4.69) is 16.2 Å². The van der Waals surface area contributed by atoms with E-state index in [1.54, 1.807) is 25.1 Å². The molecular formula is C22H21N3O3. The van der Waals surface area contributed by atoms with E-state index in [1.807, 2.05) is 44.2 Å². The fraction of sp³-hybridized carbons (Fsp3) is 0.227. The van der Waals surface area contributed by atoms with Crippen molar-refractivity contribution in [2.24, 2.45) is 0 Å². The molecule has 28 heavy (non-hydrogen) atoms. The average molecular weight is 375 g/mol. The van der Waals surface area contributed by atoms with Crippen molar-refractivity contribution < 1.29 is 14.1 Å². The van der Waals surface area contributed by atoms with Crippen molar-refractivity contribution in [3.05, 3.63) is 65.0 Å². The van der Waals surface area contributed by atoms with Gasteiger partial charge in [0.2, 0.25) is 0 Å². The summed E-state index contributed by atoms with van der Waals surface area (Å²) in [5, 5.41) is 6.84. The fourth-order valence-electron chi connectivity index (χ4n) is 3.44. The number of methoxy groups -OCH3 is 1. The van der Waals surface area contributed by atoms with E-state index in [9.17, 15) is 4.79 Å². The van der Waals surface area contributed by atoms with Gasteiger partial charge in [-0.1, -0.05) is 23.4 Å². The number of rotatable bonds is 4. The molecule has 6 heteroatoms. The predicted octanol–water partition coefficient (Wildman–Crippen LogP) is 4.27. The lowest BCUT2D eigenvalue weighted by atomic mass is 10.1. The Bertz CT molecular complexity index is 1200. The standard InChI is InChI=1S/C22H21N3O3/c1-13-9-19(20-14(2)24-28-21(20)23-13)22(26)25(3)12-15-5-6-17-11-18(27-4)8-7-16(17)10-15/h5-11H,12H2,1-4H3. The van der Waals surface area contributed by atoms with Crippen LogP contribution >= 0.6 is 0 Å². The van der Waals surface area contributed by atoms with Gasteiger partial charge in [0.15, 0.2) is 0 Å². The maximum absolute atomic E-state index is 13.1. The average Bonchev–Trinajstić information content (AvgIpc) is 3.06. The lowest BCUT2D eigenvalue weighted by molar-refractivity contribution is 0.0787. The van der Waals surface area contributed by atoms with Crippen LogP contribution in [-0.4, -0.2) is 35.1 Å². The third kappa shape index (κ3) is 3.17. The first-order chi connectivity index (χ1) is 13.5. The van der Waals surface area contributed by atoms with Gasteiger partial charge in [0.05, 0.1) is 23.8 Å². The Morgan fingerprint density at radius 2 is 1.86 bits per heavy atom. The van der Waals surface area contributed by atoms with Gasteiger partial charge in [-0.3, -0.25) is 4.79 Å². The second-order valence-corrected chi connectivity index (χ2v) is 6.97. The molecular weight excluding hydrogens is 354 g/mol. The van der Waals surface area contributed by atoms with E-state index in [0.717, 1.165) is 27.8 Å². The zero-order chi connectivity index (χ0) is 19.8. The molecule has 0 atom stereocenters. The number of pyridine rings is 1. The molecule has 142 valence electrons. The number of hydrogen-bond donors (Lipinski definition) is 0. The molecule has 1 amide bonds. The molecule has 0 aliphatic carbocycles. The Morgan fingerprint density at radius 1 is 1.11 bits per heavy atom. The van der Waals surface area contributed by atoms with E-state index >= 15 is 0 Å². The van der Waals surface area contributed by atoms with Gasteiger partial charge in [-0.2, -0.15) is 0 Å². The summed E-state index contributed by atoms with van der Waals surface area (Å²) in [5.41, 5.74) is 3.40. The van der Waals surface area contributed by atoms with E-state index in [4.69, 9.17) is 9.26 Å². The summed E-state index contributed by atoms with van der Waals surface area (Å²) in [7, 11) is 3.45. The monoisotopic (exact) mass is 375 g/mol. The molecule has 0 radical (unpaired) electrons.